The Morgan fingerprint density at radius 1 is 1.25 bits per heavy atom. The van der Waals surface area contributed by atoms with Crippen molar-refractivity contribution in [2.45, 2.75) is 26.7 Å². The van der Waals surface area contributed by atoms with Crippen LogP contribution in [0.2, 0.25) is 0 Å². The highest BCUT2D eigenvalue weighted by molar-refractivity contribution is 5.56. The Morgan fingerprint density at radius 2 is 2.00 bits per heavy atom. The van der Waals surface area contributed by atoms with Gasteiger partial charge in [-0.1, -0.05) is 26.0 Å². The Bertz CT molecular complexity index is 679. The summed E-state index contributed by atoms with van der Waals surface area (Å²) in [5.74, 6) is -0.0647. The zero-order chi connectivity index (χ0) is 14.7. The van der Waals surface area contributed by atoms with Gasteiger partial charge in [-0.25, -0.2) is 0 Å². The lowest BCUT2D eigenvalue weighted by Gasteiger charge is -2.13. The molecule has 1 aromatic heterocycles. The Labute approximate surface area is 116 Å². The number of aryl methyl sites for hydroxylation is 2. The summed E-state index contributed by atoms with van der Waals surface area (Å²) < 4.78 is 0. The van der Waals surface area contributed by atoms with E-state index in [9.17, 15) is 4.79 Å². The SMILES string of the molecule is CCc1ccc(Nn2nnc(N)c(N)c2=O)c(CC)c1. The first-order valence-corrected chi connectivity index (χ1v) is 6.46. The van der Waals surface area contributed by atoms with Crippen molar-refractivity contribution < 1.29 is 0 Å². The first-order chi connectivity index (χ1) is 9.56. The van der Waals surface area contributed by atoms with E-state index in [0.717, 1.165) is 28.9 Å². The predicted octanol–water partition coefficient (Wildman–Crippen LogP) is 0.803. The first-order valence-electron chi connectivity index (χ1n) is 6.46. The molecule has 0 bridgehead atoms. The minimum Gasteiger partial charge on any atom is -0.391 e. The average Bonchev–Trinajstić information content (AvgIpc) is 2.48. The highest BCUT2D eigenvalue weighted by Gasteiger charge is 2.09. The van der Waals surface area contributed by atoms with Crippen LogP contribution >= 0.6 is 0 Å². The van der Waals surface area contributed by atoms with Crippen LogP contribution in [0.3, 0.4) is 0 Å². The summed E-state index contributed by atoms with van der Waals surface area (Å²) in [5, 5.41) is 7.32. The molecule has 0 aliphatic rings. The van der Waals surface area contributed by atoms with Crippen molar-refractivity contribution in [3.63, 3.8) is 0 Å². The molecule has 7 nitrogen and oxygen atoms in total. The van der Waals surface area contributed by atoms with Crippen LogP contribution in [-0.2, 0) is 12.8 Å². The summed E-state index contributed by atoms with van der Waals surface area (Å²) >= 11 is 0. The van der Waals surface area contributed by atoms with Crippen LogP contribution in [0.15, 0.2) is 23.0 Å². The number of hydrogen-bond donors (Lipinski definition) is 3. The third kappa shape index (κ3) is 2.56. The highest BCUT2D eigenvalue weighted by atomic mass is 16.1. The van der Waals surface area contributed by atoms with Crippen LogP contribution in [0.25, 0.3) is 0 Å². The van der Waals surface area contributed by atoms with Gasteiger partial charge >= 0.3 is 5.56 Å². The van der Waals surface area contributed by atoms with Crippen molar-refractivity contribution in [1.29, 1.82) is 0 Å². The van der Waals surface area contributed by atoms with Gasteiger partial charge in [0.2, 0.25) is 0 Å². The number of anilines is 3. The molecular formula is C13H18N6O. The van der Waals surface area contributed by atoms with E-state index < -0.39 is 5.56 Å². The van der Waals surface area contributed by atoms with Gasteiger partial charge in [0.25, 0.3) is 0 Å². The Kier molecular flexibility index (Phi) is 3.88. The minimum absolute atomic E-state index is 0.0647. The third-order valence-corrected chi connectivity index (χ3v) is 3.13. The molecular weight excluding hydrogens is 256 g/mol. The molecule has 0 atom stereocenters. The summed E-state index contributed by atoms with van der Waals surface area (Å²) in [6.07, 6.45) is 1.80. The van der Waals surface area contributed by atoms with Gasteiger partial charge < -0.3 is 11.5 Å². The zero-order valence-electron chi connectivity index (χ0n) is 11.6. The molecule has 0 aliphatic carbocycles. The largest absolute Gasteiger partial charge is 0.391 e. The van der Waals surface area contributed by atoms with Crippen molar-refractivity contribution in [1.82, 2.24) is 15.1 Å². The molecule has 1 aromatic carbocycles. The van der Waals surface area contributed by atoms with E-state index in [0.29, 0.717) is 0 Å². The molecule has 0 radical (unpaired) electrons. The second-order valence-corrected chi connectivity index (χ2v) is 4.42. The minimum atomic E-state index is -0.515. The molecule has 0 saturated carbocycles. The number of nitrogens with zero attached hydrogens (tertiary/aromatic N) is 3. The number of nitrogen functional groups attached to an aromatic ring is 2. The second kappa shape index (κ2) is 5.60. The van der Waals surface area contributed by atoms with Crippen molar-refractivity contribution in [2.75, 3.05) is 16.9 Å². The molecule has 2 rings (SSSR count). The monoisotopic (exact) mass is 274 g/mol. The molecule has 106 valence electrons. The Hall–Kier alpha value is -2.57. The Balaban J connectivity index is 2.40. The smallest absolute Gasteiger partial charge is 0.314 e. The first kappa shape index (κ1) is 13.9. The summed E-state index contributed by atoms with van der Waals surface area (Å²) in [7, 11) is 0. The van der Waals surface area contributed by atoms with E-state index in [4.69, 9.17) is 11.5 Å². The van der Waals surface area contributed by atoms with Gasteiger partial charge in [-0.05, 0) is 35.2 Å². The number of rotatable bonds is 4. The fourth-order valence-corrected chi connectivity index (χ4v) is 1.87. The molecule has 0 fully saturated rings. The summed E-state index contributed by atoms with van der Waals surface area (Å²) in [6.45, 7) is 4.14. The fourth-order valence-electron chi connectivity index (χ4n) is 1.87. The van der Waals surface area contributed by atoms with Gasteiger partial charge in [-0.2, -0.15) is 0 Å². The van der Waals surface area contributed by atoms with Gasteiger partial charge in [-0.15, -0.1) is 9.89 Å². The highest BCUT2D eigenvalue weighted by Crippen LogP contribution is 2.18. The molecule has 2 aromatic rings. The number of nitrogens with one attached hydrogen (secondary N) is 1. The molecule has 0 saturated heterocycles. The van der Waals surface area contributed by atoms with Gasteiger partial charge in [-0.3, -0.25) is 10.2 Å². The van der Waals surface area contributed by atoms with Crippen molar-refractivity contribution in [3.05, 3.63) is 39.7 Å². The average molecular weight is 274 g/mol. The molecule has 0 spiro atoms. The van der Waals surface area contributed by atoms with Gasteiger partial charge in [0.05, 0.1) is 5.69 Å². The molecule has 0 amide bonds. The maximum absolute atomic E-state index is 11.9. The quantitative estimate of drug-likeness (QED) is 0.760. The summed E-state index contributed by atoms with van der Waals surface area (Å²) in [5.41, 5.74) is 16.4. The van der Waals surface area contributed by atoms with Crippen LogP contribution in [0.4, 0.5) is 17.2 Å². The van der Waals surface area contributed by atoms with E-state index in [1.807, 2.05) is 19.1 Å². The molecule has 0 unspecified atom stereocenters. The van der Waals surface area contributed by atoms with Gasteiger partial charge in [0.1, 0.15) is 5.69 Å². The standard InChI is InChI=1S/C13H18N6O/c1-3-8-5-6-10(9(4-2)7-8)17-19-13(20)11(14)12(15)16-18-19/h5-7,17H,3-4,14-15H2,1-2H3. The van der Waals surface area contributed by atoms with E-state index in [1.165, 1.54) is 5.56 Å². The number of hydrogen-bond acceptors (Lipinski definition) is 6. The van der Waals surface area contributed by atoms with E-state index in [1.54, 1.807) is 0 Å². The van der Waals surface area contributed by atoms with Crippen molar-refractivity contribution >= 4 is 17.2 Å². The Morgan fingerprint density at radius 3 is 2.65 bits per heavy atom. The number of aromatic nitrogens is 3. The third-order valence-electron chi connectivity index (χ3n) is 3.13. The van der Waals surface area contributed by atoms with Crippen molar-refractivity contribution in [3.8, 4) is 0 Å². The zero-order valence-corrected chi connectivity index (χ0v) is 11.6. The lowest BCUT2D eigenvalue weighted by Crippen LogP contribution is -2.33. The fraction of sp³-hybridized carbons (Fsp3) is 0.308. The van der Waals surface area contributed by atoms with Crippen LogP contribution in [-0.4, -0.2) is 15.1 Å². The van der Waals surface area contributed by atoms with Crippen molar-refractivity contribution in [2.24, 2.45) is 0 Å². The molecule has 0 aliphatic heterocycles. The van der Waals surface area contributed by atoms with E-state index >= 15 is 0 Å². The second-order valence-electron chi connectivity index (χ2n) is 4.42. The maximum atomic E-state index is 11.9. The lowest BCUT2D eigenvalue weighted by molar-refractivity contribution is 0.673. The topological polar surface area (TPSA) is 112 Å². The summed E-state index contributed by atoms with van der Waals surface area (Å²) in [4.78, 5) is 12.9. The van der Waals surface area contributed by atoms with Crippen LogP contribution < -0.4 is 22.5 Å². The van der Waals surface area contributed by atoms with Crippen LogP contribution in [0.5, 0.6) is 0 Å². The molecule has 5 N–H and O–H groups in total. The molecule has 7 heteroatoms. The lowest BCUT2D eigenvalue weighted by atomic mass is 10.1. The predicted molar refractivity (Wildman–Crippen MR) is 79.3 cm³/mol. The normalized spacial score (nSPS) is 10.5. The van der Waals surface area contributed by atoms with Crippen LogP contribution in [0, 0.1) is 0 Å². The van der Waals surface area contributed by atoms with Gasteiger partial charge in [0, 0.05) is 0 Å². The summed E-state index contributed by atoms with van der Waals surface area (Å²) in [6, 6.07) is 6.01. The van der Waals surface area contributed by atoms with Crippen LogP contribution in [0.1, 0.15) is 25.0 Å². The van der Waals surface area contributed by atoms with E-state index in [-0.39, 0.29) is 11.5 Å². The maximum Gasteiger partial charge on any atom is 0.314 e. The number of benzene rings is 1. The van der Waals surface area contributed by atoms with E-state index in [2.05, 4.69) is 28.7 Å². The number of nitrogens with two attached hydrogens (primary N) is 2. The van der Waals surface area contributed by atoms with Gasteiger partial charge in [0.15, 0.2) is 5.82 Å². The molecule has 1 heterocycles. The molecule has 20 heavy (non-hydrogen) atoms.